The van der Waals surface area contributed by atoms with Crippen molar-refractivity contribution in [3.63, 3.8) is 0 Å². The van der Waals surface area contributed by atoms with Gasteiger partial charge < -0.3 is 9.80 Å². The Morgan fingerprint density at radius 1 is 1.06 bits per heavy atom. The molecule has 0 spiro atoms. The normalized spacial score (nSPS) is 14.2. The first-order chi connectivity index (χ1) is 8.58. The molecule has 0 unspecified atom stereocenters. The third kappa shape index (κ3) is 3.25. The first-order valence-corrected chi connectivity index (χ1v) is 6.56. The number of benzene rings is 1. The number of rotatable bonds is 3. The number of nitrogens with zero attached hydrogens (tertiary/aromatic N) is 3. The van der Waals surface area contributed by atoms with E-state index in [1.807, 2.05) is 38.0 Å². The SMILES string of the molecule is CN(C)C(=NCc1ccc(C2CC2)cc1)N(C)C. The molecule has 3 nitrogen and oxygen atoms in total. The van der Waals surface area contributed by atoms with E-state index in [9.17, 15) is 0 Å². The van der Waals surface area contributed by atoms with Gasteiger partial charge in [-0.15, -0.1) is 0 Å². The van der Waals surface area contributed by atoms with Crippen LogP contribution in [-0.2, 0) is 6.54 Å². The van der Waals surface area contributed by atoms with Crippen LogP contribution in [0.1, 0.15) is 29.9 Å². The van der Waals surface area contributed by atoms with E-state index in [2.05, 4.69) is 29.3 Å². The molecule has 0 atom stereocenters. The van der Waals surface area contributed by atoms with Gasteiger partial charge in [0.2, 0.25) is 0 Å². The maximum Gasteiger partial charge on any atom is 0.195 e. The number of guanidine groups is 1. The zero-order valence-corrected chi connectivity index (χ0v) is 11.8. The van der Waals surface area contributed by atoms with E-state index < -0.39 is 0 Å². The minimum Gasteiger partial charge on any atom is -0.349 e. The van der Waals surface area contributed by atoms with E-state index >= 15 is 0 Å². The van der Waals surface area contributed by atoms with Gasteiger partial charge in [0.1, 0.15) is 0 Å². The zero-order chi connectivity index (χ0) is 13.1. The van der Waals surface area contributed by atoms with Crippen LogP contribution in [0.25, 0.3) is 0 Å². The molecule has 2 rings (SSSR count). The number of hydrogen-bond donors (Lipinski definition) is 0. The molecule has 18 heavy (non-hydrogen) atoms. The van der Waals surface area contributed by atoms with Crippen LogP contribution in [-0.4, -0.2) is 44.0 Å². The largest absolute Gasteiger partial charge is 0.349 e. The van der Waals surface area contributed by atoms with Crippen LogP contribution < -0.4 is 0 Å². The van der Waals surface area contributed by atoms with Gasteiger partial charge in [-0.3, -0.25) is 0 Å². The van der Waals surface area contributed by atoms with Crippen molar-refractivity contribution >= 4 is 5.96 Å². The van der Waals surface area contributed by atoms with Crippen molar-refractivity contribution in [3.8, 4) is 0 Å². The lowest BCUT2D eigenvalue weighted by atomic mass is 10.1. The second-order valence-electron chi connectivity index (χ2n) is 5.42. The van der Waals surface area contributed by atoms with Crippen LogP contribution in [0.15, 0.2) is 29.3 Å². The Bertz CT molecular complexity index is 404. The highest BCUT2D eigenvalue weighted by Gasteiger charge is 2.22. The van der Waals surface area contributed by atoms with Crippen molar-refractivity contribution in [1.29, 1.82) is 0 Å². The summed E-state index contributed by atoms with van der Waals surface area (Å²) in [5, 5.41) is 0. The first-order valence-electron chi connectivity index (χ1n) is 6.56. The molecule has 1 saturated carbocycles. The summed E-state index contributed by atoms with van der Waals surface area (Å²) in [4.78, 5) is 8.73. The first kappa shape index (κ1) is 12.9. The summed E-state index contributed by atoms with van der Waals surface area (Å²) in [6, 6.07) is 8.93. The molecule has 0 bridgehead atoms. The fourth-order valence-corrected chi connectivity index (χ4v) is 2.16. The van der Waals surface area contributed by atoms with Gasteiger partial charge in [-0.25, -0.2) is 4.99 Å². The molecule has 0 saturated heterocycles. The molecule has 3 heteroatoms. The van der Waals surface area contributed by atoms with Gasteiger partial charge in [0.05, 0.1) is 6.54 Å². The second kappa shape index (κ2) is 5.42. The van der Waals surface area contributed by atoms with E-state index in [-0.39, 0.29) is 0 Å². The molecule has 0 heterocycles. The summed E-state index contributed by atoms with van der Waals surface area (Å²) >= 11 is 0. The third-order valence-electron chi connectivity index (χ3n) is 3.23. The molecule has 0 amide bonds. The van der Waals surface area contributed by atoms with Crippen molar-refractivity contribution < 1.29 is 0 Å². The molecular weight excluding hydrogens is 222 g/mol. The maximum atomic E-state index is 4.65. The zero-order valence-electron chi connectivity index (χ0n) is 11.8. The van der Waals surface area contributed by atoms with Gasteiger partial charge >= 0.3 is 0 Å². The molecule has 98 valence electrons. The molecule has 0 aromatic heterocycles. The van der Waals surface area contributed by atoms with E-state index in [1.54, 1.807) is 0 Å². The topological polar surface area (TPSA) is 18.8 Å². The van der Waals surface area contributed by atoms with Crippen LogP contribution in [0.2, 0.25) is 0 Å². The summed E-state index contributed by atoms with van der Waals surface area (Å²) in [5.41, 5.74) is 2.77. The van der Waals surface area contributed by atoms with E-state index in [0.29, 0.717) is 0 Å². The molecule has 1 aromatic carbocycles. The fraction of sp³-hybridized carbons (Fsp3) is 0.533. The lowest BCUT2D eigenvalue weighted by Gasteiger charge is -2.22. The summed E-state index contributed by atoms with van der Waals surface area (Å²) in [5.74, 6) is 1.84. The van der Waals surface area contributed by atoms with E-state index in [4.69, 9.17) is 0 Å². The molecular formula is C15H23N3. The molecule has 1 fully saturated rings. The molecule has 1 aromatic rings. The Morgan fingerprint density at radius 3 is 2.06 bits per heavy atom. The highest BCUT2D eigenvalue weighted by molar-refractivity contribution is 5.79. The van der Waals surface area contributed by atoms with Gasteiger partial charge in [0.25, 0.3) is 0 Å². The molecule has 1 aliphatic carbocycles. The van der Waals surface area contributed by atoms with Gasteiger partial charge in [-0.2, -0.15) is 0 Å². The monoisotopic (exact) mass is 245 g/mol. The van der Waals surface area contributed by atoms with Gasteiger partial charge in [0.15, 0.2) is 5.96 Å². The third-order valence-corrected chi connectivity index (χ3v) is 3.23. The highest BCUT2D eigenvalue weighted by atomic mass is 15.3. The summed E-state index contributed by atoms with van der Waals surface area (Å²) in [6.45, 7) is 0.747. The maximum absolute atomic E-state index is 4.65. The average Bonchev–Trinajstić information content (AvgIpc) is 3.13. The molecule has 1 aliphatic rings. The Hall–Kier alpha value is -1.51. The minimum atomic E-state index is 0.747. The van der Waals surface area contributed by atoms with E-state index in [1.165, 1.54) is 24.0 Å². The lowest BCUT2D eigenvalue weighted by Crippen LogP contribution is -2.35. The molecule has 0 aliphatic heterocycles. The van der Waals surface area contributed by atoms with Crippen molar-refractivity contribution in [2.24, 2.45) is 4.99 Å². The average molecular weight is 245 g/mol. The summed E-state index contributed by atoms with van der Waals surface area (Å²) < 4.78 is 0. The number of hydrogen-bond acceptors (Lipinski definition) is 1. The smallest absolute Gasteiger partial charge is 0.195 e. The summed E-state index contributed by atoms with van der Waals surface area (Å²) in [7, 11) is 8.09. The fourth-order valence-electron chi connectivity index (χ4n) is 2.16. The standard InChI is InChI=1S/C15H23N3/c1-17(2)15(18(3)4)16-11-12-5-7-13(8-6-12)14-9-10-14/h5-8,14H,9-11H2,1-4H3. The van der Waals surface area contributed by atoms with Crippen molar-refractivity contribution in [3.05, 3.63) is 35.4 Å². The van der Waals surface area contributed by atoms with Crippen LogP contribution in [0, 0.1) is 0 Å². The number of aliphatic imine (C=N–C) groups is 1. The molecule has 0 radical (unpaired) electrons. The highest BCUT2D eigenvalue weighted by Crippen LogP contribution is 2.39. The quantitative estimate of drug-likeness (QED) is 0.602. The van der Waals surface area contributed by atoms with Crippen molar-refractivity contribution in [2.75, 3.05) is 28.2 Å². The van der Waals surface area contributed by atoms with Crippen molar-refractivity contribution in [1.82, 2.24) is 9.80 Å². The molecule has 0 N–H and O–H groups in total. The Balaban J connectivity index is 2.01. The van der Waals surface area contributed by atoms with Gasteiger partial charge in [-0.1, -0.05) is 24.3 Å². The van der Waals surface area contributed by atoms with Crippen LogP contribution in [0.5, 0.6) is 0 Å². The Morgan fingerprint density at radius 2 is 1.61 bits per heavy atom. The van der Waals surface area contributed by atoms with E-state index in [0.717, 1.165) is 18.4 Å². The van der Waals surface area contributed by atoms with Gasteiger partial charge in [-0.05, 0) is 29.9 Å². The van der Waals surface area contributed by atoms with Crippen molar-refractivity contribution in [2.45, 2.75) is 25.3 Å². The Kier molecular flexibility index (Phi) is 3.90. The van der Waals surface area contributed by atoms with Gasteiger partial charge in [0, 0.05) is 28.2 Å². The van der Waals surface area contributed by atoms with Crippen LogP contribution in [0.3, 0.4) is 0 Å². The Labute approximate surface area is 110 Å². The summed E-state index contributed by atoms with van der Waals surface area (Å²) in [6.07, 6.45) is 2.73. The second-order valence-corrected chi connectivity index (χ2v) is 5.42. The predicted octanol–water partition coefficient (Wildman–Crippen LogP) is 2.54. The predicted molar refractivity (Wildman–Crippen MR) is 76.9 cm³/mol. The van der Waals surface area contributed by atoms with Crippen LogP contribution >= 0.6 is 0 Å². The lowest BCUT2D eigenvalue weighted by molar-refractivity contribution is 0.479. The van der Waals surface area contributed by atoms with Crippen LogP contribution in [0.4, 0.5) is 0 Å². The minimum absolute atomic E-state index is 0.747.